The van der Waals surface area contributed by atoms with Crippen LogP contribution < -0.4 is 10.2 Å². The predicted molar refractivity (Wildman–Crippen MR) is 146 cm³/mol. The predicted octanol–water partition coefficient (Wildman–Crippen LogP) is 3.50. The van der Waals surface area contributed by atoms with Gasteiger partial charge in [0, 0.05) is 61.2 Å². The molecule has 1 N–H and O–H groups in total. The molecule has 1 amide bonds. The molecule has 196 valence electrons. The Morgan fingerprint density at radius 3 is 2.66 bits per heavy atom. The molecule has 0 radical (unpaired) electrons. The number of nitrogens with one attached hydrogen (secondary N) is 1. The molecule has 10 nitrogen and oxygen atoms in total. The number of aryl methyl sites for hydroxylation is 1. The first kappa shape index (κ1) is 24.4. The minimum Gasteiger partial charge on any atom is -0.378 e. The van der Waals surface area contributed by atoms with Gasteiger partial charge in [0.05, 0.1) is 36.8 Å². The number of ether oxygens (including phenoxy) is 1. The van der Waals surface area contributed by atoms with Gasteiger partial charge in [-0.2, -0.15) is 5.10 Å². The molecule has 0 aliphatic carbocycles. The highest BCUT2D eigenvalue weighted by molar-refractivity contribution is 6.04. The normalized spacial score (nSPS) is 16.6. The molecular formula is C28H32N8O2. The van der Waals surface area contributed by atoms with Crippen LogP contribution >= 0.6 is 0 Å². The average molecular weight is 513 g/mol. The molecule has 4 aromatic heterocycles. The molecule has 38 heavy (non-hydrogen) atoms. The molecule has 6 rings (SSSR count). The number of hydrogen-bond donors (Lipinski definition) is 1. The number of nitrogens with zero attached hydrogens (tertiary/aromatic N) is 7. The van der Waals surface area contributed by atoms with E-state index >= 15 is 0 Å². The average Bonchev–Trinajstić information content (AvgIpc) is 3.33. The van der Waals surface area contributed by atoms with Crippen LogP contribution in [0.5, 0.6) is 0 Å². The first-order valence-corrected chi connectivity index (χ1v) is 13.2. The Hall–Kier alpha value is -3.89. The lowest BCUT2D eigenvalue weighted by molar-refractivity contribution is 0.102. The van der Waals surface area contributed by atoms with Crippen LogP contribution in [0.1, 0.15) is 35.3 Å². The van der Waals surface area contributed by atoms with Crippen molar-refractivity contribution in [2.45, 2.75) is 25.8 Å². The van der Waals surface area contributed by atoms with E-state index in [0.29, 0.717) is 24.6 Å². The topological polar surface area (TPSA) is 101 Å². The molecule has 0 atom stereocenters. The van der Waals surface area contributed by atoms with Crippen LogP contribution in [-0.4, -0.2) is 74.9 Å². The standard InChI is InChI=1S/C28H32N8O2/c1-34-25(19-35-7-3-2-4-8-35)23(17-32-34)22-13-21-14-26(31-18-24(21)30-16-22)33-28(37)20-5-6-29-27(15-20)36-9-11-38-12-10-36/h5-6,13-18H,2-4,7-12,19H2,1H3,(H,31,33,37). The maximum Gasteiger partial charge on any atom is 0.257 e. The first-order valence-electron chi connectivity index (χ1n) is 13.2. The zero-order chi connectivity index (χ0) is 25.9. The summed E-state index contributed by atoms with van der Waals surface area (Å²) in [5.41, 5.74) is 4.58. The zero-order valence-electron chi connectivity index (χ0n) is 21.6. The van der Waals surface area contributed by atoms with Gasteiger partial charge in [-0.25, -0.2) is 9.97 Å². The van der Waals surface area contributed by atoms with Crippen LogP contribution in [0, 0.1) is 0 Å². The Morgan fingerprint density at radius 2 is 1.82 bits per heavy atom. The minimum atomic E-state index is -0.228. The number of carbonyl (C=O) groups is 1. The molecule has 10 heteroatoms. The quantitative estimate of drug-likeness (QED) is 0.419. The molecular weight excluding hydrogens is 480 g/mol. The highest BCUT2D eigenvalue weighted by Gasteiger charge is 2.18. The van der Waals surface area contributed by atoms with Crippen molar-refractivity contribution in [1.82, 2.24) is 29.6 Å². The maximum atomic E-state index is 13.1. The van der Waals surface area contributed by atoms with Crippen LogP contribution in [-0.2, 0) is 18.3 Å². The molecule has 0 unspecified atom stereocenters. The molecule has 6 heterocycles. The van der Waals surface area contributed by atoms with Crippen molar-refractivity contribution in [2.24, 2.45) is 7.05 Å². The van der Waals surface area contributed by atoms with Gasteiger partial charge in [-0.3, -0.25) is 19.4 Å². The van der Waals surface area contributed by atoms with Gasteiger partial charge in [0.1, 0.15) is 11.6 Å². The van der Waals surface area contributed by atoms with Crippen molar-refractivity contribution in [2.75, 3.05) is 49.6 Å². The first-order chi connectivity index (χ1) is 18.6. The van der Waals surface area contributed by atoms with Gasteiger partial charge in [-0.05, 0) is 50.2 Å². The maximum absolute atomic E-state index is 13.1. The third kappa shape index (κ3) is 5.23. The van der Waals surface area contributed by atoms with Crippen LogP contribution in [0.4, 0.5) is 11.6 Å². The van der Waals surface area contributed by atoms with Crippen molar-refractivity contribution in [1.29, 1.82) is 0 Å². The molecule has 0 bridgehead atoms. The number of amides is 1. The smallest absolute Gasteiger partial charge is 0.257 e. The molecule has 4 aromatic rings. The van der Waals surface area contributed by atoms with E-state index in [-0.39, 0.29) is 5.91 Å². The third-order valence-electron chi connectivity index (χ3n) is 7.35. The van der Waals surface area contributed by atoms with Crippen molar-refractivity contribution in [3.05, 3.63) is 60.3 Å². The molecule has 0 saturated carbocycles. The van der Waals surface area contributed by atoms with Crippen molar-refractivity contribution >= 4 is 28.4 Å². The second-order valence-corrected chi connectivity index (χ2v) is 9.91. The number of anilines is 2. The fourth-order valence-electron chi connectivity index (χ4n) is 5.18. The van der Waals surface area contributed by atoms with E-state index in [4.69, 9.17) is 4.74 Å². The van der Waals surface area contributed by atoms with E-state index < -0.39 is 0 Å². The van der Waals surface area contributed by atoms with Gasteiger partial charge >= 0.3 is 0 Å². The number of likely N-dealkylation sites (tertiary alicyclic amines) is 1. The molecule has 2 aliphatic heterocycles. The summed E-state index contributed by atoms with van der Waals surface area (Å²) in [6.45, 7) is 5.97. The van der Waals surface area contributed by atoms with Crippen molar-refractivity contribution in [3.8, 4) is 11.1 Å². The summed E-state index contributed by atoms with van der Waals surface area (Å²) in [5, 5.41) is 8.39. The summed E-state index contributed by atoms with van der Waals surface area (Å²) >= 11 is 0. The fourth-order valence-corrected chi connectivity index (χ4v) is 5.18. The van der Waals surface area contributed by atoms with Gasteiger partial charge < -0.3 is 15.0 Å². The Balaban J connectivity index is 1.22. The molecule has 0 aromatic carbocycles. The summed E-state index contributed by atoms with van der Waals surface area (Å²) in [7, 11) is 2.00. The Kier molecular flexibility index (Phi) is 6.98. The number of carbonyl (C=O) groups excluding carboxylic acids is 1. The van der Waals surface area contributed by atoms with Crippen LogP contribution in [0.15, 0.2) is 49.1 Å². The number of morpholine rings is 1. The van der Waals surface area contributed by atoms with E-state index in [1.807, 2.05) is 36.3 Å². The number of rotatable bonds is 6. The van der Waals surface area contributed by atoms with Crippen LogP contribution in [0.25, 0.3) is 22.0 Å². The Bertz CT molecular complexity index is 1440. The summed E-state index contributed by atoms with van der Waals surface area (Å²) < 4.78 is 7.39. The van der Waals surface area contributed by atoms with Gasteiger partial charge in [0.15, 0.2) is 0 Å². The second kappa shape index (κ2) is 10.8. The fraction of sp³-hybridized carbons (Fsp3) is 0.393. The summed E-state index contributed by atoms with van der Waals surface area (Å²) in [6, 6.07) is 7.49. The van der Waals surface area contributed by atoms with Crippen molar-refractivity contribution < 1.29 is 9.53 Å². The second-order valence-electron chi connectivity index (χ2n) is 9.91. The zero-order valence-corrected chi connectivity index (χ0v) is 21.6. The Morgan fingerprint density at radius 1 is 0.974 bits per heavy atom. The lowest BCUT2D eigenvalue weighted by atomic mass is 10.1. The molecule has 2 aliphatic rings. The molecule has 0 spiro atoms. The lowest BCUT2D eigenvalue weighted by Crippen LogP contribution is -2.36. The number of fused-ring (bicyclic) bond motifs is 1. The summed E-state index contributed by atoms with van der Waals surface area (Å²) in [4.78, 5) is 31.2. The minimum absolute atomic E-state index is 0.228. The van der Waals surface area contributed by atoms with Crippen molar-refractivity contribution in [3.63, 3.8) is 0 Å². The summed E-state index contributed by atoms with van der Waals surface area (Å²) in [6.07, 6.45) is 11.0. The molecule has 2 saturated heterocycles. The van der Waals surface area contributed by atoms with E-state index in [1.165, 1.54) is 25.0 Å². The highest BCUT2D eigenvalue weighted by atomic mass is 16.5. The van der Waals surface area contributed by atoms with Crippen LogP contribution in [0.3, 0.4) is 0 Å². The lowest BCUT2D eigenvalue weighted by Gasteiger charge is -2.27. The van der Waals surface area contributed by atoms with Gasteiger partial charge in [-0.1, -0.05) is 6.42 Å². The number of hydrogen-bond acceptors (Lipinski definition) is 8. The Labute approximate surface area is 221 Å². The van der Waals surface area contributed by atoms with E-state index in [9.17, 15) is 4.79 Å². The third-order valence-corrected chi connectivity index (χ3v) is 7.35. The number of piperidine rings is 1. The largest absolute Gasteiger partial charge is 0.378 e. The highest BCUT2D eigenvalue weighted by Crippen LogP contribution is 2.28. The molecule has 2 fully saturated rings. The van der Waals surface area contributed by atoms with Crippen LogP contribution in [0.2, 0.25) is 0 Å². The van der Waals surface area contributed by atoms with Gasteiger partial charge in [-0.15, -0.1) is 0 Å². The van der Waals surface area contributed by atoms with Gasteiger partial charge in [0.2, 0.25) is 0 Å². The SMILES string of the molecule is Cn1ncc(-c2cnc3cnc(NC(=O)c4ccnc(N5CCOCC5)c4)cc3c2)c1CN1CCCCC1. The van der Waals surface area contributed by atoms with E-state index in [0.717, 1.165) is 60.6 Å². The monoisotopic (exact) mass is 512 g/mol. The van der Waals surface area contributed by atoms with Gasteiger partial charge in [0.25, 0.3) is 5.91 Å². The van der Waals surface area contributed by atoms with E-state index in [1.54, 1.807) is 18.5 Å². The van der Waals surface area contributed by atoms with E-state index in [2.05, 4.69) is 41.2 Å². The summed E-state index contributed by atoms with van der Waals surface area (Å²) in [5.74, 6) is 1.03. The number of aromatic nitrogens is 5. The number of pyridine rings is 3.